The Morgan fingerprint density at radius 1 is 1.50 bits per heavy atom. The molecule has 1 heteroatoms. The second kappa shape index (κ2) is 3.34. The largest absolute Gasteiger partial charge is 0.347 e. The first-order valence-electron chi connectivity index (χ1n) is 4.73. The van der Waals surface area contributed by atoms with E-state index in [1.165, 1.54) is 17.8 Å². The lowest BCUT2D eigenvalue weighted by molar-refractivity contribution is 0.369. The molecule has 1 saturated heterocycles. The fraction of sp³-hybridized carbons (Fsp3) is 0.636. The van der Waals surface area contributed by atoms with Gasteiger partial charge in [-0.15, -0.1) is 0 Å². The molecule has 0 N–H and O–H groups in total. The van der Waals surface area contributed by atoms with Crippen molar-refractivity contribution in [1.29, 1.82) is 0 Å². The van der Waals surface area contributed by atoms with Gasteiger partial charge in [0.2, 0.25) is 0 Å². The van der Waals surface area contributed by atoms with Gasteiger partial charge in [0, 0.05) is 23.4 Å². The van der Waals surface area contributed by atoms with Crippen molar-refractivity contribution in [2.45, 2.75) is 39.7 Å². The van der Waals surface area contributed by atoms with Gasteiger partial charge in [-0.25, -0.2) is 0 Å². The molecule has 1 nitrogen and oxygen atoms in total. The summed E-state index contributed by atoms with van der Waals surface area (Å²) in [5.41, 5.74) is 2.50. The third-order valence-corrected chi connectivity index (χ3v) is 2.61. The van der Waals surface area contributed by atoms with Crippen molar-refractivity contribution in [2.24, 2.45) is 5.92 Å². The first kappa shape index (κ1) is 9.37. The predicted octanol–water partition coefficient (Wildman–Crippen LogP) is 3.15. The van der Waals surface area contributed by atoms with Crippen molar-refractivity contribution >= 4 is 0 Å². The van der Waals surface area contributed by atoms with Crippen LogP contribution in [-0.2, 0) is 0 Å². The minimum Gasteiger partial charge on any atom is -0.347 e. The number of rotatable bonds is 2. The van der Waals surface area contributed by atoms with Crippen LogP contribution in [0.1, 0.15) is 33.6 Å². The Morgan fingerprint density at radius 3 is 2.33 bits per heavy atom. The molecule has 1 aliphatic rings. The van der Waals surface area contributed by atoms with Crippen LogP contribution in [0.3, 0.4) is 0 Å². The van der Waals surface area contributed by atoms with E-state index in [-0.39, 0.29) is 0 Å². The van der Waals surface area contributed by atoms with Crippen molar-refractivity contribution in [3.8, 4) is 0 Å². The first-order valence-corrected chi connectivity index (χ1v) is 4.73. The molecule has 0 radical (unpaired) electrons. The fourth-order valence-corrected chi connectivity index (χ4v) is 1.98. The molecule has 0 aromatic rings. The molecule has 1 heterocycles. The fourth-order valence-electron chi connectivity index (χ4n) is 1.98. The lowest BCUT2D eigenvalue weighted by Crippen LogP contribution is -2.24. The monoisotopic (exact) mass is 165 g/mol. The number of hydrogen-bond donors (Lipinski definition) is 0. The molecule has 1 atom stereocenters. The molecule has 68 valence electrons. The van der Waals surface area contributed by atoms with E-state index in [2.05, 4.69) is 38.8 Å². The minimum atomic E-state index is 0.515. The Morgan fingerprint density at radius 2 is 2.08 bits per heavy atom. The molecule has 1 fully saturated rings. The average molecular weight is 165 g/mol. The van der Waals surface area contributed by atoms with Gasteiger partial charge >= 0.3 is 0 Å². The van der Waals surface area contributed by atoms with E-state index in [4.69, 9.17) is 0 Å². The molecular weight excluding hydrogens is 146 g/mol. The normalized spacial score (nSPS) is 24.3. The number of hydrogen-bond acceptors (Lipinski definition) is 1. The highest BCUT2D eigenvalue weighted by Gasteiger charge is 2.29. The van der Waals surface area contributed by atoms with Crippen LogP contribution >= 0.6 is 0 Å². The standard InChI is InChI=1S/C11H19N/c1-6-11-7-9(4)12(8(2)3)10(11)5/h8,11H,4-7H2,1-3H3. The van der Waals surface area contributed by atoms with Crippen molar-refractivity contribution in [1.82, 2.24) is 4.90 Å². The summed E-state index contributed by atoms with van der Waals surface area (Å²) in [5, 5.41) is 0. The minimum absolute atomic E-state index is 0.515. The van der Waals surface area contributed by atoms with Crippen LogP contribution in [0.15, 0.2) is 24.6 Å². The number of allylic oxidation sites excluding steroid dienone is 2. The van der Waals surface area contributed by atoms with Crippen molar-refractivity contribution < 1.29 is 0 Å². The maximum Gasteiger partial charge on any atom is 0.0279 e. The molecule has 1 rings (SSSR count). The maximum absolute atomic E-state index is 4.12. The lowest BCUT2D eigenvalue weighted by atomic mass is 10.0. The summed E-state index contributed by atoms with van der Waals surface area (Å²) in [7, 11) is 0. The molecule has 0 bridgehead atoms. The van der Waals surface area contributed by atoms with Gasteiger partial charge in [0.15, 0.2) is 0 Å². The maximum atomic E-state index is 4.12. The summed E-state index contributed by atoms with van der Waals surface area (Å²) in [6, 6.07) is 0.515. The van der Waals surface area contributed by atoms with E-state index < -0.39 is 0 Å². The molecule has 0 amide bonds. The summed E-state index contributed by atoms with van der Waals surface area (Å²) in [6.45, 7) is 14.8. The van der Waals surface area contributed by atoms with Gasteiger partial charge in [-0.1, -0.05) is 20.1 Å². The Balaban J connectivity index is 2.77. The highest BCUT2D eigenvalue weighted by atomic mass is 15.2. The van der Waals surface area contributed by atoms with E-state index in [0.29, 0.717) is 12.0 Å². The van der Waals surface area contributed by atoms with Gasteiger partial charge in [0.05, 0.1) is 0 Å². The Kier molecular flexibility index (Phi) is 2.61. The van der Waals surface area contributed by atoms with Crippen molar-refractivity contribution in [3.63, 3.8) is 0 Å². The molecule has 0 aromatic carbocycles. The van der Waals surface area contributed by atoms with Crippen molar-refractivity contribution in [2.75, 3.05) is 0 Å². The molecule has 1 unspecified atom stereocenters. The van der Waals surface area contributed by atoms with Gasteiger partial charge < -0.3 is 4.90 Å². The zero-order valence-electron chi connectivity index (χ0n) is 8.43. The third-order valence-electron chi connectivity index (χ3n) is 2.61. The second-order valence-corrected chi connectivity index (χ2v) is 3.83. The van der Waals surface area contributed by atoms with Gasteiger partial charge in [-0.2, -0.15) is 0 Å². The summed E-state index contributed by atoms with van der Waals surface area (Å²) in [6.07, 6.45) is 2.29. The highest BCUT2D eigenvalue weighted by Crippen LogP contribution is 2.37. The molecule has 0 spiro atoms. The Hall–Kier alpha value is -0.720. The van der Waals surface area contributed by atoms with E-state index in [9.17, 15) is 0 Å². The van der Waals surface area contributed by atoms with Crippen LogP contribution in [0, 0.1) is 5.92 Å². The van der Waals surface area contributed by atoms with Gasteiger partial charge in [-0.3, -0.25) is 0 Å². The van der Waals surface area contributed by atoms with E-state index >= 15 is 0 Å². The lowest BCUT2D eigenvalue weighted by Gasteiger charge is -2.26. The molecule has 0 aromatic heterocycles. The predicted molar refractivity (Wildman–Crippen MR) is 53.7 cm³/mol. The van der Waals surface area contributed by atoms with Crippen LogP contribution in [0.2, 0.25) is 0 Å². The smallest absolute Gasteiger partial charge is 0.0279 e. The van der Waals surface area contributed by atoms with Crippen LogP contribution < -0.4 is 0 Å². The molecule has 0 saturated carbocycles. The van der Waals surface area contributed by atoms with Crippen LogP contribution in [-0.4, -0.2) is 10.9 Å². The summed E-state index contributed by atoms with van der Waals surface area (Å²) in [4.78, 5) is 2.27. The van der Waals surface area contributed by atoms with E-state index in [1.54, 1.807) is 0 Å². The summed E-state index contributed by atoms with van der Waals surface area (Å²) < 4.78 is 0. The van der Waals surface area contributed by atoms with Crippen LogP contribution in [0.25, 0.3) is 0 Å². The van der Waals surface area contributed by atoms with Crippen molar-refractivity contribution in [3.05, 3.63) is 24.6 Å². The topological polar surface area (TPSA) is 3.24 Å². The SMILES string of the molecule is C=C1CC(CC)C(=C)N1C(C)C. The molecule has 1 aliphatic heterocycles. The third kappa shape index (κ3) is 1.40. The zero-order valence-corrected chi connectivity index (χ0v) is 8.43. The number of nitrogens with zero attached hydrogens (tertiary/aromatic N) is 1. The van der Waals surface area contributed by atoms with E-state index in [1.807, 2.05) is 0 Å². The summed E-state index contributed by atoms with van der Waals surface area (Å²) >= 11 is 0. The second-order valence-electron chi connectivity index (χ2n) is 3.83. The average Bonchev–Trinajstić information content (AvgIpc) is 2.25. The quantitative estimate of drug-likeness (QED) is 0.607. The van der Waals surface area contributed by atoms with Crippen LogP contribution in [0.5, 0.6) is 0 Å². The molecule has 0 aliphatic carbocycles. The van der Waals surface area contributed by atoms with Crippen LogP contribution in [0.4, 0.5) is 0 Å². The number of likely N-dealkylation sites (tertiary alicyclic amines) is 1. The summed E-state index contributed by atoms with van der Waals surface area (Å²) in [5.74, 6) is 0.639. The Bertz CT molecular complexity index is 203. The van der Waals surface area contributed by atoms with Gasteiger partial charge in [0.1, 0.15) is 0 Å². The highest BCUT2D eigenvalue weighted by molar-refractivity contribution is 5.20. The zero-order chi connectivity index (χ0) is 9.30. The molecule has 12 heavy (non-hydrogen) atoms. The van der Waals surface area contributed by atoms with E-state index in [0.717, 1.165) is 6.42 Å². The Labute approximate surface area is 75.8 Å². The van der Waals surface area contributed by atoms with Gasteiger partial charge in [0.25, 0.3) is 0 Å². The first-order chi connectivity index (χ1) is 5.57. The van der Waals surface area contributed by atoms with Gasteiger partial charge in [-0.05, 0) is 26.7 Å². The molecular formula is C11H19N.